The van der Waals surface area contributed by atoms with Crippen molar-refractivity contribution in [2.75, 3.05) is 13.2 Å². The molecule has 1 aliphatic heterocycles. The van der Waals surface area contributed by atoms with Crippen LogP contribution in [-0.2, 0) is 14.3 Å². The number of Topliss-reactive ketones (excluding diaryl/α,β-unsaturated/α-hetero) is 1. The van der Waals surface area contributed by atoms with Crippen molar-refractivity contribution in [3.05, 3.63) is 0 Å². The van der Waals surface area contributed by atoms with Crippen molar-refractivity contribution < 1.29 is 14.3 Å². The monoisotopic (exact) mass is 186 g/mol. The number of rotatable bonds is 6. The molecule has 0 radical (unpaired) electrons. The van der Waals surface area contributed by atoms with Crippen LogP contribution < -0.4 is 0 Å². The first kappa shape index (κ1) is 10.7. The number of ether oxygens (including phenoxy) is 2. The Balaban J connectivity index is 2.03. The lowest BCUT2D eigenvalue weighted by molar-refractivity contribution is -0.144. The van der Waals surface area contributed by atoms with Crippen LogP contribution in [0.25, 0.3) is 0 Å². The predicted octanol–water partition coefficient (Wildman–Crippen LogP) is 1.90. The van der Waals surface area contributed by atoms with Crippen LogP contribution in [0.1, 0.15) is 39.0 Å². The second-order valence-electron chi connectivity index (χ2n) is 3.35. The third-order valence-corrected chi connectivity index (χ3v) is 2.16. The summed E-state index contributed by atoms with van der Waals surface area (Å²) in [6.07, 6.45) is 4.56. The topological polar surface area (TPSA) is 35.5 Å². The van der Waals surface area contributed by atoms with Gasteiger partial charge in [0.1, 0.15) is 0 Å². The summed E-state index contributed by atoms with van der Waals surface area (Å²) in [6, 6.07) is 0. The van der Waals surface area contributed by atoms with Gasteiger partial charge in [-0.2, -0.15) is 0 Å². The molecule has 1 aliphatic rings. The van der Waals surface area contributed by atoms with Crippen LogP contribution in [0.2, 0.25) is 0 Å². The molecule has 13 heavy (non-hydrogen) atoms. The van der Waals surface area contributed by atoms with Gasteiger partial charge in [0.2, 0.25) is 6.29 Å². The lowest BCUT2D eigenvalue weighted by Gasteiger charge is -2.06. The van der Waals surface area contributed by atoms with Crippen LogP contribution in [0.3, 0.4) is 0 Å². The minimum absolute atomic E-state index is 0.105. The van der Waals surface area contributed by atoms with Crippen LogP contribution >= 0.6 is 0 Å². The normalized spacial score (nSPS) is 17.9. The molecule has 0 unspecified atom stereocenters. The van der Waals surface area contributed by atoms with Crippen molar-refractivity contribution in [2.45, 2.75) is 45.3 Å². The highest BCUT2D eigenvalue weighted by Crippen LogP contribution is 2.10. The fourth-order valence-corrected chi connectivity index (χ4v) is 1.39. The fourth-order valence-electron chi connectivity index (χ4n) is 1.39. The lowest BCUT2D eigenvalue weighted by atomic mass is 10.1. The second-order valence-corrected chi connectivity index (χ2v) is 3.35. The number of ketones is 1. The molecule has 0 atom stereocenters. The van der Waals surface area contributed by atoms with Gasteiger partial charge in [0.25, 0.3) is 0 Å². The van der Waals surface area contributed by atoms with E-state index in [1.54, 1.807) is 0 Å². The molecule has 3 heteroatoms. The van der Waals surface area contributed by atoms with E-state index in [9.17, 15) is 4.79 Å². The van der Waals surface area contributed by atoms with Gasteiger partial charge < -0.3 is 9.47 Å². The molecular weight excluding hydrogens is 168 g/mol. The van der Waals surface area contributed by atoms with Crippen LogP contribution in [0.5, 0.6) is 0 Å². The highest BCUT2D eigenvalue weighted by Gasteiger charge is 2.23. The molecule has 0 N–H and O–H groups in total. The number of unbranched alkanes of at least 4 members (excludes halogenated alkanes) is 3. The Morgan fingerprint density at radius 2 is 1.92 bits per heavy atom. The van der Waals surface area contributed by atoms with Crippen molar-refractivity contribution >= 4 is 5.78 Å². The quantitative estimate of drug-likeness (QED) is 0.594. The number of hydrogen-bond acceptors (Lipinski definition) is 3. The maximum Gasteiger partial charge on any atom is 0.217 e. The molecule has 0 aromatic carbocycles. The summed E-state index contributed by atoms with van der Waals surface area (Å²) >= 11 is 0. The molecule has 0 amide bonds. The van der Waals surface area contributed by atoms with Crippen molar-refractivity contribution in [1.82, 2.24) is 0 Å². The Bertz CT molecular complexity index is 150. The molecule has 1 heterocycles. The maximum absolute atomic E-state index is 11.4. The standard InChI is InChI=1S/C10H18O3/c1-2-3-4-5-6-9(11)10-12-7-8-13-10/h10H,2-8H2,1H3. The number of carbonyl (C=O) groups excluding carboxylic acids is 1. The first-order valence-corrected chi connectivity index (χ1v) is 5.10. The Morgan fingerprint density at radius 1 is 1.23 bits per heavy atom. The molecule has 0 aromatic rings. The molecular formula is C10H18O3. The van der Waals surface area contributed by atoms with Gasteiger partial charge in [-0.05, 0) is 6.42 Å². The average Bonchev–Trinajstić information content (AvgIpc) is 2.65. The zero-order valence-corrected chi connectivity index (χ0v) is 8.25. The molecule has 1 rings (SSSR count). The summed E-state index contributed by atoms with van der Waals surface area (Å²) in [4.78, 5) is 11.4. The highest BCUT2D eigenvalue weighted by atomic mass is 16.7. The molecule has 0 aliphatic carbocycles. The average molecular weight is 186 g/mol. The Morgan fingerprint density at radius 3 is 2.54 bits per heavy atom. The molecule has 1 saturated heterocycles. The van der Waals surface area contributed by atoms with E-state index in [2.05, 4.69) is 6.92 Å². The molecule has 76 valence electrons. The van der Waals surface area contributed by atoms with E-state index in [4.69, 9.17) is 9.47 Å². The van der Waals surface area contributed by atoms with Crippen LogP contribution in [0.4, 0.5) is 0 Å². The predicted molar refractivity (Wildman–Crippen MR) is 49.5 cm³/mol. The van der Waals surface area contributed by atoms with E-state index in [1.165, 1.54) is 12.8 Å². The molecule has 1 fully saturated rings. The summed E-state index contributed by atoms with van der Waals surface area (Å²) in [5, 5.41) is 0. The molecule has 0 saturated carbocycles. The van der Waals surface area contributed by atoms with Crippen molar-refractivity contribution in [3.8, 4) is 0 Å². The lowest BCUT2D eigenvalue weighted by Crippen LogP contribution is -2.20. The van der Waals surface area contributed by atoms with Gasteiger partial charge >= 0.3 is 0 Å². The Hall–Kier alpha value is -0.410. The summed E-state index contributed by atoms with van der Waals surface area (Å²) in [5.74, 6) is 0.105. The zero-order chi connectivity index (χ0) is 9.52. The minimum Gasteiger partial charge on any atom is -0.344 e. The SMILES string of the molecule is CCCCCCC(=O)C1OCCO1. The van der Waals surface area contributed by atoms with E-state index < -0.39 is 6.29 Å². The summed E-state index contributed by atoms with van der Waals surface area (Å²) in [6.45, 7) is 3.28. The van der Waals surface area contributed by atoms with E-state index in [1.807, 2.05) is 0 Å². The van der Waals surface area contributed by atoms with Gasteiger partial charge in [-0.3, -0.25) is 4.79 Å². The van der Waals surface area contributed by atoms with Gasteiger partial charge in [0.15, 0.2) is 5.78 Å². The first-order chi connectivity index (χ1) is 6.34. The van der Waals surface area contributed by atoms with Crippen LogP contribution in [-0.4, -0.2) is 25.3 Å². The van der Waals surface area contributed by atoms with E-state index in [-0.39, 0.29) is 5.78 Å². The van der Waals surface area contributed by atoms with Gasteiger partial charge in [0, 0.05) is 6.42 Å². The third kappa shape index (κ3) is 3.87. The molecule has 0 spiro atoms. The van der Waals surface area contributed by atoms with Gasteiger partial charge in [-0.1, -0.05) is 26.2 Å². The van der Waals surface area contributed by atoms with Gasteiger partial charge in [0.05, 0.1) is 13.2 Å². The van der Waals surface area contributed by atoms with Crippen LogP contribution in [0.15, 0.2) is 0 Å². The van der Waals surface area contributed by atoms with Gasteiger partial charge in [-0.25, -0.2) is 0 Å². The first-order valence-electron chi connectivity index (χ1n) is 5.10. The number of carbonyl (C=O) groups is 1. The molecule has 3 nitrogen and oxygen atoms in total. The second kappa shape index (κ2) is 6.11. The van der Waals surface area contributed by atoms with E-state index in [0.717, 1.165) is 12.8 Å². The zero-order valence-electron chi connectivity index (χ0n) is 8.25. The van der Waals surface area contributed by atoms with Crippen molar-refractivity contribution in [3.63, 3.8) is 0 Å². The Labute approximate surface area is 79.4 Å². The molecule has 0 aromatic heterocycles. The minimum atomic E-state index is -0.554. The maximum atomic E-state index is 11.4. The summed E-state index contributed by atoms with van der Waals surface area (Å²) in [5.41, 5.74) is 0. The third-order valence-electron chi connectivity index (χ3n) is 2.16. The summed E-state index contributed by atoms with van der Waals surface area (Å²) < 4.78 is 10.2. The summed E-state index contributed by atoms with van der Waals surface area (Å²) in [7, 11) is 0. The Kier molecular flexibility index (Phi) is 5.01. The smallest absolute Gasteiger partial charge is 0.217 e. The largest absolute Gasteiger partial charge is 0.344 e. The molecule has 0 bridgehead atoms. The van der Waals surface area contributed by atoms with Crippen molar-refractivity contribution in [2.24, 2.45) is 0 Å². The van der Waals surface area contributed by atoms with Gasteiger partial charge in [-0.15, -0.1) is 0 Å². The highest BCUT2D eigenvalue weighted by molar-refractivity contribution is 5.81. The number of hydrogen-bond donors (Lipinski definition) is 0. The van der Waals surface area contributed by atoms with E-state index in [0.29, 0.717) is 19.6 Å². The van der Waals surface area contributed by atoms with E-state index >= 15 is 0 Å². The van der Waals surface area contributed by atoms with Crippen LogP contribution in [0, 0.1) is 0 Å². The fraction of sp³-hybridized carbons (Fsp3) is 0.900. The van der Waals surface area contributed by atoms with Crippen molar-refractivity contribution in [1.29, 1.82) is 0 Å².